The van der Waals surface area contributed by atoms with E-state index in [-0.39, 0.29) is 35.5 Å². The third-order valence-corrected chi connectivity index (χ3v) is 6.43. The Balaban J connectivity index is 1.61. The first kappa shape index (κ1) is 17.9. The molecule has 5 rings (SSSR count). The highest BCUT2D eigenvalue weighted by Crippen LogP contribution is 2.53. The number of ether oxygens (including phenoxy) is 2. The lowest BCUT2D eigenvalue weighted by molar-refractivity contribution is -0.0803. The zero-order valence-electron chi connectivity index (χ0n) is 15.4. The summed E-state index contributed by atoms with van der Waals surface area (Å²) in [6.07, 6.45) is 5.14. The van der Waals surface area contributed by atoms with Crippen molar-refractivity contribution in [2.45, 2.75) is 44.1 Å². The molecule has 2 aliphatic heterocycles. The van der Waals surface area contributed by atoms with Crippen LogP contribution in [0, 0.1) is 0 Å². The van der Waals surface area contributed by atoms with E-state index in [4.69, 9.17) is 9.47 Å². The summed E-state index contributed by atoms with van der Waals surface area (Å²) in [7, 11) is 0. The van der Waals surface area contributed by atoms with Crippen molar-refractivity contribution >= 4 is 21.8 Å². The molecule has 1 spiro atoms. The maximum absolute atomic E-state index is 13.4. The molecule has 1 saturated carbocycles. The summed E-state index contributed by atoms with van der Waals surface area (Å²) in [6.45, 7) is 1.54. The average Bonchev–Trinajstić information content (AvgIpc) is 3.52. The van der Waals surface area contributed by atoms with Gasteiger partial charge in [-0.15, -0.1) is 0 Å². The van der Waals surface area contributed by atoms with E-state index >= 15 is 0 Å². The van der Waals surface area contributed by atoms with Crippen molar-refractivity contribution < 1.29 is 14.3 Å². The maximum Gasteiger partial charge on any atom is 0.276 e. The monoisotopic (exact) mass is 444 g/mol. The summed E-state index contributed by atoms with van der Waals surface area (Å²) in [5.74, 6) is -0.0608. The third-order valence-electron chi connectivity index (χ3n) is 5.86. The average molecular weight is 445 g/mol. The molecule has 1 aliphatic carbocycles. The number of carbonyl (C=O) groups excluding carboxylic acids is 1. The van der Waals surface area contributed by atoms with Crippen molar-refractivity contribution in [3.63, 3.8) is 0 Å². The Morgan fingerprint density at radius 3 is 2.71 bits per heavy atom. The number of rotatable bonds is 3. The molecule has 146 valence electrons. The molecule has 0 bridgehead atoms. The number of amides is 1. The molecule has 1 aromatic heterocycles. The van der Waals surface area contributed by atoms with Gasteiger partial charge in [-0.2, -0.15) is 0 Å². The maximum atomic E-state index is 13.4. The van der Waals surface area contributed by atoms with Crippen LogP contribution >= 0.6 is 15.9 Å². The van der Waals surface area contributed by atoms with Gasteiger partial charge in [-0.1, -0.05) is 30.3 Å². The Labute approximate surface area is 171 Å². The minimum Gasteiger partial charge on any atom is -0.483 e. The molecule has 2 fully saturated rings. The van der Waals surface area contributed by atoms with E-state index in [2.05, 4.69) is 15.9 Å². The van der Waals surface area contributed by atoms with Crippen LogP contribution in [-0.4, -0.2) is 34.8 Å². The number of halogens is 1. The Morgan fingerprint density at radius 1 is 1.18 bits per heavy atom. The van der Waals surface area contributed by atoms with Crippen LogP contribution < -0.4 is 10.2 Å². The smallest absolute Gasteiger partial charge is 0.276 e. The highest BCUT2D eigenvalue weighted by Gasteiger charge is 2.60. The van der Waals surface area contributed by atoms with Crippen molar-refractivity contribution in [1.82, 2.24) is 9.47 Å². The number of hydrogen-bond donors (Lipinski definition) is 0. The molecular formula is C21H21BrN2O4. The number of hydrogen-bond acceptors (Lipinski definition) is 4. The molecule has 1 saturated heterocycles. The van der Waals surface area contributed by atoms with Crippen molar-refractivity contribution in [2.75, 3.05) is 13.2 Å². The minimum absolute atomic E-state index is 0.122. The van der Waals surface area contributed by atoms with Gasteiger partial charge in [0.15, 0.2) is 17.7 Å². The normalized spacial score (nSPS) is 22.4. The van der Waals surface area contributed by atoms with E-state index in [1.807, 2.05) is 34.9 Å². The fourth-order valence-corrected chi connectivity index (χ4v) is 4.67. The second kappa shape index (κ2) is 6.74. The summed E-state index contributed by atoms with van der Waals surface area (Å²) in [5.41, 5.74) is 0.708. The molecule has 28 heavy (non-hydrogen) atoms. The molecule has 0 radical (unpaired) electrons. The Hall–Kier alpha value is -2.12. The van der Waals surface area contributed by atoms with Crippen molar-refractivity contribution in [3.8, 4) is 5.75 Å². The lowest BCUT2D eigenvalue weighted by Gasteiger charge is -2.43. The third kappa shape index (κ3) is 2.71. The van der Waals surface area contributed by atoms with Gasteiger partial charge in [-0.05, 0) is 47.2 Å². The number of carbonyl (C=O) groups is 1. The van der Waals surface area contributed by atoms with Gasteiger partial charge in [0, 0.05) is 19.3 Å². The van der Waals surface area contributed by atoms with Crippen LogP contribution in [0.3, 0.4) is 0 Å². The first-order valence-electron chi connectivity index (χ1n) is 9.67. The summed E-state index contributed by atoms with van der Waals surface area (Å²) < 4.78 is 14.4. The predicted octanol–water partition coefficient (Wildman–Crippen LogP) is 3.27. The van der Waals surface area contributed by atoms with Crippen LogP contribution in [0.5, 0.6) is 5.75 Å². The SMILES string of the molecule is O=C1c2c(OCc3ccccc3)c(=O)c(Br)cn2C2(CC2)C2OCCCCN12. The Kier molecular flexibility index (Phi) is 4.32. The molecule has 3 aliphatic rings. The Bertz CT molecular complexity index is 984. The van der Waals surface area contributed by atoms with E-state index in [0.29, 0.717) is 23.3 Å². The van der Waals surface area contributed by atoms with Gasteiger partial charge in [-0.25, -0.2) is 0 Å². The fourth-order valence-electron chi connectivity index (χ4n) is 4.29. The van der Waals surface area contributed by atoms with Crippen molar-refractivity contribution in [2.24, 2.45) is 0 Å². The molecule has 3 heterocycles. The predicted molar refractivity (Wildman–Crippen MR) is 106 cm³/mol. The van der Waals surface area contributed by atoms with Crippen LogP contribution in [0.4, 0.5) is 0 Å². The van der Waals surface area contributed by atoms with Crippen molar-refractivity contribution in [3.05, 3.63) is 62.5 Å². The summed E-state index contributed by atoms with van der Waals surface area (Å²) in [6, 6.07) is 9.64. The lowest BCUT2D eigenvalue weighted by atomic mass is 10.1. The highest BCUT2D eigenvalue weighted by molar-refractivity contribution is 9.10. The van der Waals surface area contributed by atoms with Gasteiger partial charge in [-0.3, -0.25) is 9.59 Å². The van der Waals surface area contributed by atoms with Gasteiger partial charge in [0.1, 0.15) is 6.61 Å². The first-order valence-corrected chi connectivity index (χ1v) is 10.5. The second-order valence-electron chi connectivity index (χ2n) is 7.66. The largest absolute Gasteiger partial charge is 0.483 e. The Morgan fingerprint density at radius 2 is 1.96 bits per heavy atom. The number of aromatic nitrogens is 1. The van der Waals surface area contributed by atoms with Crippen LogP contribution in [0.15, 0.2) is 45.8 Å². The van der Waals surface area contributed by atoms with E-state index in [9.17, 15) is 9.59 Å². The molecule has 2 aromatic rings. The molecule has 1 amide bonds. The zero-order valence-corrected chi connectivity index (χ0v) is 17.0. The lowest BCUT2D eigenvalue weighted by Crippen LogP contribution is -2.56. The van der Waals surface area contributed by atoms with E-state index in [1.54, 1.807) is 11.1 Å². The van der Waals surface area contributed by atoms with Crippen LogP contribution in [-0.2, 0) is 16.9 Å². The summed E-state index contributed by atoms with van der Waals surface area (Å²) in [5, 5.41) is 0. The number of benzene rings is 1. The van der Waals surface area contributed by atoms with Crippen LogP contribution in [0.25, 0.3) is 0 Å². The second-order valence-corrected chi connectivity index (χ2v) is 8.51. The number of nitrogens with zero attached hydrogens (tertiary/aromatic N) is 2. The molecule has 1 atom stereocenters. The van der Waals surface area contributed by atoms with E-state index in [0.717, 1.165) is 31.2 Å². The summed E-state index contributed by atoms with van der Waals surface area (Å²) >= 11 is 3.38. The quantitative estimate of drug-likeness (QED) is 0.728. The number of pyridine rings is 1. The van der Waals surface area contributed by atoms with Crippen molar-refractivity contribution in [1.29, 1.82) is 0 Å². The van der Waals surface area contributed by atoms with Crippen LogP contribution in [0.2, 0.25) is 0 Å². The molecule has 1 aromatic carbocycles. The molecule has 0 N–H and O–H groups in total. The van der Waals surface area contributed by atoms with Gasteiger partial charge in [0.25, 0.3) is 5.91 Å². The standard InChI is InChI=1S/C21H21BrN2O4/c22-15-12-24-16(18(17(15)25)28-13-14-6-2-1-3-7-14)19(26)23-10-4-5-11-27-20(23)21(24)8-9-21/h1-3,6-7,12,20H,4-5,8-11,13H2. The molecule has 1 unspecified atom stereocenters. The number of fused-ring (bicyclic) bond motifs is 4. The van der Waals surface area contributed by atoms with E-state index < -0.39 is 0 Å². The van der Waals surface area contributed by atoms with E-state index in [1.165, 1.54) is 0 Å². The minimum atomic E-state index is -0.297. The van der Waals surface area contributed by atoms with Gasteiger partial charge in [0.2, 0.25) is 5.43 Å². The van der Waals surface area contributed by atoms with Crippen LogP contribution in [0.1, 0.15) is 41.7 Å². The highest BCUT2D eigenvalue weighted by atomic mass is 79.9. The van der Waals surface area contributed by atoms with Gasteiger partial charge >= 0.3 is 0 Å². The topological polar surface area (TPSA) is 60.8 Å². The molecule has 7 heteroatoms. The fraction of sp³-hybridized carbons (Fsp3) is 0.429. The summed E-state index contributed by atoms with van der Waals surface area (Å²) in [4.78, 5) is 28.1. The van der Waals surface area contributed by atoms with Gasteiger partial charge in [0.05, 0.1) is 10.0 Å². The zero-order chi connectivity index (χ0) is 19.3. The first-order chi connectivity index (χ1) is 13.6. The van der Waals surface area contributed by atoms with Gasteiger partial charge < -0.3 is 18.9 Å². The molecule has 6 nitrogen and oxygen atoms in total. The molecular weight excluding hydrogens is 424 g/mol.